The van der Waals surface area contributed by atoms with Crippen molar-refractivity contribution in [2.24, 2.45) is 0 Å². The molecule has 2 aromatic heterocycles. The zero-order valence-electron chi connectivity index (χ0n) is 31.1. The highest BCUT2D eigenvalue weighted by Gasteiger charge is 2.18. The molecule has 0 saturated carbocycles. The van der Waals surface area contributed by atoms with E-state index in [2.05, 4.69) is 182 Å². The summed E-state index contributed by atoms with van der Waals surface area (Å²) in [5.41, 5.74) is 6.63. The Hall–Kier alpha value is -7.26. The summed E-state index contributed by atoms with van der Waals surface area (Å²) >= 11 is 1.92. The number of hydrogen-bond donors (Lipinski definition) is 0. The quantitative estimate of drug-likeness (QED) is 0.160. The predicted molar refractivity (Wildman–Crippen MR) is 251 cm³/mol. The first-order valence-corrected chi connectivity index (χ1v) is 20.8. The molecule has 0 aliphatic carbocycles. The summed E-state index contributed by atoms with van der Waals surface area (Å²) in [6, 6.07) is 67.7. The zero-order valence-corrected chi connectivity index (χ0v) is 32.0. The standard InChI is InChI=1S/C56H30OS/c1-2-9-39-31(6-1)14-23-45-55-51(58-56(39)45)27-24-44-41-21-17-35(28-46(41)40-10-3-4-11-42(40)54(44)55)36-18-25-49-47(29-36)48-30-37(19-26-50(48)57-49)38-20-15-34-13-12-32-7-5-8-33-16-22-43(38)53(34)52(32)33/h1-30H. The maximum atomic E-state index is 6.47. The Bertz CT molecular complexity index is 4050. The number of rotatable bonds is 2. The lowest BCUT2D eigenvalue weighted by Gasteiger charge is -2.14. The molecule has 0 bridgehead atoms. The van der Waals surface area contributed by atoms with Gasteiger partial charge < -0.3 is 4.42 Å². The summed E-state index contributed by atoms with van der Waals surface area (Å²) < 4.78 is 9.18. The Morgan fingerprint density at radius 1 is 0.293 bits per heavy atom. The molecule has 0 radical (unpaired) electrons. The van der Waals surface area contributed by atoms with Gasteiger partial charge in [0.15, 0.2) is 0 Å². The van der Waals surface area contributed by atoms with E-state index in [4.69, 9.17) is 4.42 Å². The molecule has 266 valence electrons. The van der Waals surface area contributed by atoms with E-state index in [0.29, 0.717) is 0 Å². The lowest BCUT2D eigenvalue weighted by molar-refractivity contribution is 0.669. The molecule has 0 saturated heterocycles. The minimum Gasteiger partial charge on any atom is -0.456 e. The van der Waals surface area contributed by atoms with Crippen LogP contribution >= 0.6 is 11.3 Å². The van der Waals surface area contributed by atoms with Crippen LogP contribution in [0.15, 0.2) is 186 Å². The van der Waals surface area contributed by atoms with Gasteiger partial charge in [0.1, 0.15) is 11.2 Å². The van der Waals surface area contributed by atoms with Gasteiger partial charge in [-0.3, -0.25) is 0 Å². The summed E-state index contributed by atoms with van der Waals surface area (Å²) in [7, 11) is 0. The van der Waals surface area contributed by atoms with Gasteiger partial charge in [0.25, 0.3) is 0 Å². The molecule has 0 spiro atoms. The van der Waals surface area contributed by atoms with E-state index in [-0.39, 0.29) is 0 Å². The molecule has 0 fully saturated rings. The van der Waals surface area contributed by atoms with Crippen molar-refractivity contribution in [1.29, 1.82) is 0 Å². The molecule has 0 unspecified atom stereocenters. The van der Waals surface area contributed by atoms with Crippen molar-refractivity contribution in [3.8, 4) is 22.3 Å². The molecule has 58 heavy (non-hydrogen) atoms. The van der Waals surface area contributed by atoms with Gasteiger partial charge in [0.05, 0.1) is 0 Å². The highest BCUT2D eigenvalue weighted by Crippen LogP contribution is 2.47. The fourth-order valence-electron chi connectivity index (χ4n) is 10.3. The normalized spacial score (nSPS) is 12.5. The number of furan rings is 1. The minimum atomic E-state index is 0.906. The summed E-state index contributed by atoms with van der Waals surface area (Å²) in [6.07, 6.45) is 0. The van der Waals surface area contributed by atoms with E-state index in [1.54, 1.807) is 0 Å². The van der Waals surface area contributed by atoms with Crippen LogP contribution in [0.5, 0.6) is 0 Å². The van der Waals surface area contributed by atoms with E-state index in [9.17, 15) is 0 Å². The van der Waals surface area contributed by atoms with Gasteiger partial charge in [0, 0.05) is 30.9 Å². The molecule has 0 aliphatic heterocycles. The van der Waals surface area contributed by atoms with Crippen molar-refractivity contribution in [3.63, 3.8) is 0 Å². The van der Waals surface area contributed by atoms with Crippen molar-refractivity contribution in [3.05, 3.63) is 182 Å². The number of hydrogen-bond acceptors (Lipinski definition) is 2. The van der Waals surface area contributed by atoms with Gasteiger partial charge >= 0.3 is 0 Å². The molecule has 2 heterocycles. The largest absolute Gasteiger partial charge is 0.456 e. The third-order valence-corrected chi connectivity index (χ3v) is 14.2. The van der Waals surface area contributed by atoms with Gasteiger partial charge in [-0.25, -0.2) is 0 Å². The Kier molecular flexibility index (Phi) is 5.96. The number of benzene rings is 12. The molecule has 0 amide bonds. The van der Waals surface area contributed by atoms with Crippen molar-refractivity contribution >= 4 is 129 Å². The number of fused-ring (bicyclic) bond motifs is 15. The smallest absolute Gasteiger partial charge is 0.135 e. The van der Waals surface area contributed by atoms with Gasteiger partial charge in [-0.2, -0.15) is 0 Å². The Labute approximate surface area is 335 Å². The first-order chi connectivity index (χ1) is 28.7. The summed E-state index contributed by atoms with van der Waals surface area (Å²) in [5.74, 6) is 0. The lowest BCUT2D eigenvalue weighted by Crippen LogP contribution is -1.87. The fraction of sp³-hybridized carbons (Fsp3) is 0. The van der Waals surface area contributed by atoms with Crippen LogP contribution in [0.4, 0.5) is 0 Å². The highest BCUT2D eigenvalue weighted by atomic mass is 32.1. The molecular weight excluding hydrogens is 721 g/mol. The topological polar surface area (TPSA) is 13.1 Å². The van der Waals surface area contributed by atoms with Crippen molar-refractivity contribution in [1.82, 2.24) is 0 Å². The van der Waals surface area contributed by atoms with Crippen LogP contribution in [0.2, 0.25) is 0 Å². The second-order valence-electron chi connectivity index (χ2n) is 15.9. The van der Waals surface area contributed by atoms with Gasteiger partial charge in [0.2, 0.25) is 0 Å². The predicted octanol–water partition coefficient (Wildman–Crippen LogP) is 16.8. The van der Waals surface area contributed by atoms with Gasteiger partial charge in [-0.05, 0) is 134 Å². The fourth-order valence-corrected chi connectivity index (χ4v) is 11.6. The maximum Gasteiger partial charge on any atom is 0.135 e. The van der Waals surface area contributed by atoms with Crippen molar-refractivity contribution in [2.75, 3.05) is 0 Å². The SMILES string of the molecule is c1ccc2c(c1)ccc1c2sc2ccc3c4ccc(-c5ccc6oc7ccc(-c8ccc9ccc%10cccc%11ccc8c9c%10%11)cc7c6c5)cc4c4ccccc4c3c21. The van der Waals surface area contributed by atoms with Crippen molar-refractivity contribution in [2.45, 2.75) is 0 Å². The van der Waals surface area contributed by atoms with E-state index in [1.807, 2.05) is 11.3 Å². The van der Waals surface area contributed by atoms with Crippen LogP contribution in [-0.4, -0.2) is 0 Å². The molecule has 0 N–H and O–H groups in total. The summed E-state index contributed by atoms with van der Waals surface area (Å²) in [5, 5.41) is 23.2. The molecule has 1 nitrogen and oxygen atoms in total. The average Bonchev–Trinajstić information content (AvgIpc) is 3.86. The van der Waals surface area contributed by atoms with Crippen LogP contribution < -0.4 is 0 Å². The zero-order chi connectivity index (χ0) is 37.6. The monoisotopic (exact) mass is 750 g/mol. The highest BCUT2D eigenvalue weighted by molar-refractivity contribution is 7.27. The lowest BCUT2D eigenvalue weighted by atomic mass is 9.89. The number of thiophene rings is 1. The molecule has 12 aromatic carbocycles. The van der Waals surface area contributed by atoms with E-state index in [0.717, 1.165) is 21.9 Å². The second-order valence-corrected chi connectivity index (χ2v) is 17.0. The van der Waals surface area contributed by atoms with Gasteiger partial charge in [-0.15, -0.1) is 11.3 Å². The summed E-state index contributed by atoms with van der Waals surface area (Å²) in [4.78, 5) is 0. The van der Waals surface area contributed by atoms with Crippen LogP contribution in [0.25, 0.3) is 140 Å². The van der Waals surface area contributed by atoms with Crippen LogP contribution in [0, 0.1) is 0 Å². The maximum absolute atomic E-state index is 6.47. The van der Waals surface area contributed by atoms with Crippen LogP contribution in [0.3, 0.4) is 0 Å². The third kappa shape index (κ3) is 4.09. The van der Waals surface area contributed by atoms with E-state index in [1.165, 1.54) is 118 Å². The molecule has 0 aliphatic rings. The van der Waals surface area contributed by atoms with E-state index >= 15 is 0 Å². The average molecular weight is 751 g/mol. The third-order valence-electron chi connectivity index (χ3n) is 13.0. The van der Waals surface area contributed by atoms with E-state index < -0.39 is 0 Å². The van der Waals surface area contributed by atoms with Crippen molar-refractivity contribution < 1.29 is 4.42 Å². The molecule has 0 atom stereocenters. The Balaban J connectivity index is 0.955. The molecular formula is C56H30OS. The first-order valence-electron chi connectivity index (χ1n) is 20.0. The summed E-state index contributed by atoms with van der Waals surface area (Å²) in [6.45, 7) is 0. The Morgan fingerprint density at radius 3 is 1.69 bits per heavy atom. The molecule has 2 heteroatoms. The van der Waals surface area contributed by atoms with Crippen LogP contribution in [0.1, 0.15) is 0 Å². The minimum absolute atomic E-state index is 0.906. The van der Waals surface area contributed by atoms with Gasteiger partial charge in [-0.1, -0.05) is 146 Å². The molecule has 14 aromatic rings. The second kappa shape index (κ2) is 11.2. The first kappa shape index (κ1) is 30.9. The Morgan fingerprint density at radius 2 is 0.845 bits per heavy atom. The molecule has 14 rings (SSSR count). The van der Waals surface area contributed by atoms with Crippen LogP contribution in [-0.2, 0) is 0 Å².